The summed E-state index contributed by atoms with van der Waals surface area (Å²) >= 11 is 3.30. The van der Waals surface area contributed by atoms with Crippen molar-refractivity contribution in [2.24, 2.45) is 5.41 Å². The number of carbonyl (C=O) groups excluding carboxylic acids is 1. The summed E-state index contributed by atoms with van der Waals surface area (Å²) in [6.45, 7) is 7.02. The Bertz CT molecular complexity index is 1320. The van der Waals surface area contributed by atoms with Gasteiger partial charge in [0.15, 0.2) is 19.8 Å². The van der Waals surface area contributed by atoms with Gasteiger partial charge in [0.2, 0.25) is 0 Å². The highest BCUT2D eigenvalue weighted by Crippen LogP contribution is 2.57. The minimum Gasteiger partial charge on any atom is -0.493 e. The predicted molar refractivity (Wildman–Crippen MR) is 134 cm³/mol. The van der Waals surface area contributed by atoms with Crippen molar-refractivity contribution >= 4 is 35.8 Å². The summed E-state index contributed by atoms with van der Waals surface area (Å²) in [5.74, 6) is -1.73. The number of fused-ring (bicyclic) bond motifs is 2. The number of halogens is 1. The Hall–Kier alpha value is -1.25. The van der Waals surface area contributed by atoms with Crippen molar-refractivity contribution in [2.45, 2.75) is 76.7 Å². The summed E-state index contributed by atoms with van der Waals surface area (Å²) < 4.78 is 107. The number of amides is 1. The first-order chi connectivity index (χ1) is 19.0. The zero-order valence-electron chi connectivity index (χ0n) is 29.2. The topological polar surface area (TPSA) is 60.0 Å². The lowest BCUT2D eigenvalue weighted by atomic mass is 10.0. The van der Waals surface area contributed by atoms with E-state index in [1.165, 1.54) is 7.11 Å². The third-order valence-electron chi connectivity index (χ3n) is 6.07. The maximum atomic E-state index is 14.4. The smallest absolute Gasteiger partial charge is 0.256 e. The summed E-state index contributed by atoms with van der Waals surface area (Å²) in [4.78, 5) is 14.8. The van der Waals surface area contributed by atoms with Gasteiger partial charge in [0, 0.05) is 26.1 Å². The predicted octanol–water partition coefficient (Wildman–Crippen LogP) is 5.63. The van der Waals surface area contributed by atoms with Crippen LogP contribution in [0.1, 0.15) is 70.4 Å². The van der Waals surface area contributed by atoms with Crippen LogP contribution in [0.4, 0.5) is 5.69 Å². The third kappa shape index (κ3) is 4.42. The largest absolute Gasteiger partial charge is 0.493 e. The van der Waals surface area contributed by atoms with Crippen molar-refractivity contribution in [3.05, 3.63) is 17.6 Å². The normalized spacial score (nSPS) is 43.8. The van der Waals surface area contributed by atoms with Gasteiger partial charge in [0.25, 0.3) is 5.91 Å². The van der Waals surface area contributed by atoms with Gasteiger partial charge in [-0.15, -0.1) is 0 Å². The molecule has 178 valence electrons. The van der Waals surface area contributed by atoms with Gasteiger partial charge in [-0.25, -0.2) is 0 Å². The van der Waals surface area contributed by atoms with E-state index < -0.39 is 85.9 Å². The zero-order chi connectivity index (χ0) is 32.2. The lowest BCUT2D eigenvalue weighted by Gasteiger charge is -2.41. The van der Waals surface area contributed by atoms with Crippen molar-refractivity contribution in [3.8, 4) is 11.5 Å². The van der Waals surface area contributed by atoms with Gasteiger partial charge in [-0.05, 0) is 55.2 Å². The summed E-state index contributed by atoms with van der Waals surface area (Å²) in [6, 6.07) is -4.22. The summed E-state index contributed by atoms with van der Waals surface area (Å²) in [5.41, 5.74) is -3.48. The van der Waals surface area contributed by atoms with E-state index in [-0.39, 0.29) is 18.1 Å². The highest BCUT2D eigenvalue weighted by atomic mass is 79.9. The minimum absolute atomic E-state index is 0.112. The number of carbonyl (C=O) groups is 1. The zero-order valence-corrected chi connectivity index (χ0v) is 21.8. The van der Waals surface area contributed by atoms with Crippen molar-refractivity contribution in [2.75, 3.05) is 30.9 Å². The monoisotopic (exact) mass is 534 g/mol. The fraction of sp³-hybridized carbons (Fsp3) is 0.708. The molecule has 6 nitrogen and oxygen atoms in total. The molecule has 0 aromatic heterocycles. The molecule has 8 heteroatoms. The maximum Gasteiger partial charge on any atom is 0.256 e. The Labute approximate surface area is 215 Å². The van der Waals surface area contributed by atoms with Crippen LogP contribution in [0.5, 0.6) is 11.5 Å². The molecule has 2 fully saturated rings. The number of anilines is 1. The maximum absolute atomic E-state index is 14.4. The standard InChI is InChI=1S/C24H37BrN2O4Si/c1-23(2,3)32(5,6)31-21-18-14-24(8-9-24)15-27(18)22(28)16-12-19(29-4)20(13-17(16)26-21)30-11-7-10-25/h12-13,18,21,26H,7-11,14-15H2,1-6H3/t18-,21?/m0/s1/i8D,9D2,12D,13D,14D2,15D,18D,21D/t8?,15?,18-,21?,24?. The summed E-state index contributed by atoms with van der Waals surface area (Å²) in [7, 11) is -1.92. The Morgan fingerprint density at radius 3 is 2.72 bits per heavy atom. The molecule has 1 spiro atoms. The number of nitrogens with zero attached hydrogens (tertiary/aromatic N) is 1. The molecule has 4 rings (SSSR count). The van der Waals surface area contributed by atoms with E-state index in [4.69, 9.17) is 22.1 Å². The Kier molecular flexibility index (Phi) is 3.78. The minimum atomic E-state index is -3.18. The van der Waals surface area contributed by atoms with Gasteiger partial charge in [-0.1, -0.05) is 36.7 Å². The summed E-state index contributed by atoms with van der Waals surface area (Å²) in [5, 5.41) is 2.64. The average molecular weight is 536 g/mol. The molecule has 32 heavy (non-hydrogen) atoms. The second kappa shape index (κ2) is 8.51. The number of ether oxygens (including phenoxy) is 2. The van der Waals surface area contributed by atoms with E-state index in [2.05, 4.69) is 21.2 Å². The molecule has 4 unspecified atom stereocenters. The molecule has 2 heterocycles. The first-order valence-electron chi connectivity index (χ1n) is 15.7. The second-order valence-electron chi connectivity index (χ2n) is 9.51. The molecule has 1 amide bonds. The first kappa shape index (κ1) is 14.2. The van der Waals surface area contributed by atoms with Crippen LogP contribution in [-0.2, 0) is 4.43 Å². The van der Waals surface area contributed by atoms with Crippen molar-refractivity contribution in [1.29, 1.82) is 0 Å². The molecule has 1 N–H and O–H groups in total. The second-order valence-corrected chi connectivity index (χ2v) is 15.0. The van der Waals surface area contributed by atoms with E-state index in [1.807, 2.05) is 20.8 Å². The number of methoxy groups -OCH3 is 1. The van der Waals surface area contributed by atoms with Gasteiger partial charge in [0.05, 0.1) is 36.5 Å². The fourth-order valence-electron chi connectivity index (χ4n) is 3.08. The van der Waals surface area contributed by atoms with Crippen LogP contribution in [0.25, 0.3) is 0 Å². The SMILES string of the molecule is [2H]c1c2c(c([2H])c(OC)c1OCCCBr)C(=O)N1C([2H])C3(C([2H])C3([2H])[2H])C([2H])([2H])[C@@]1([2H])C([2H])(O[Si](C)(C)C(C)(C)C)N2. The van der Waals surface area contributed by atoms with Crippen molar-refractivity contribution in [1.82, 2.24) is 4.90 Å². The molecule has 3 aliphatic rings. The van der Waals surface area contributed by atoms with Gasteiger partial charge in [-0.2, -0.15) is 0 Å². The molecule has 0 radical (unpaired) electrons. The van der Waals surface area contributed by atoms with E-state index in [1.54, 1.807) is 13.1 Å². The summed E-state index contributed by atoms with van der Waals surface area (Å²) in [6.07, 6.45) is -10.0. The van der Waals surface area contributed by atoms with E-state index in [0.717, 1.165) is 0 Å². The highest BCUT2D eigenvalue weighted by molar-refractivity contribution is 9.09. The fourth-order valence-corrected chi connectivity index (χ4v) is 4.27. The molecular weight excluding hydrogens is 488 g/mol. The number of hydrogen-bond acceptors (Lipinski definition) is 5. The number of benzene rings is 1. The van der Waals surface area contributed by atoms with Crippen molar-refractivity contribution < 1.29 is 32.4 Å². The lowest BCUT2D eigenvalue weighted by Crippen LogP contribution is -2.52. The molecule has 1 aromatic rings. The molecule has 5 atom stereocenters. The Morgan fingerprint density at radius 2 is 2.12 bits per heavy atom. The highest BCUT2D eigenvalue weighted by Gasteiger charge is 2.57. The average Bonchev–Trinajstić information content (AvgIpc) is 3.28. The molecule has 2 aliphatic heterocycles. The van der Waals surface area contributed by atoms with Crippen LogP contribution in [0.3, 0.4) is 0 Å². The molecule has 1 aromatic carbocycles. The Morgan fingerprint density at radius 1 is 1.41 bits per heavy atom. The number of rotatable bonds is 7. The first-order valence-corrected chi connectivity index (χ1v) is 14.6. The van der Waals surface area contributed by atoms with E-state index in [9.17, 15) is 10.3 Å². The van der Waals surface area contributed by atoms with Crippen molar-refractivity contribution in [3.63, 3.8) is 0 Å². The number of hydrogen-bond donors (Lipinski definition) is 1. The molecule has 1 saturated heterocycles. The number of nitrogens with one attached hydrogen (secondary N) is 1. The number of alkyl halides is 1. The van der Waals surface area contributed by atoms with Gasteiger partial charge < -0.3 is 24.1 Å². The molecular formula is C24H37BrN2O4Si. The van der Waals surface area contributed by atoms with Crippen LogP contribution < -0.4 is 14.8 Å². The van der Waals surface area contributed by atoms with Gasteiger partial charge in [-0.3, -0.25) is 4.79 Å². The van der Waals surface area contributed by atoms with Crippen LogP contribution in [0, 0.1) is 5.41 Å². The molecule has 1 saturated carbocycles. The Balaban J connectivity index is 2.09. The van der Waals surface area contributed by atoms with Crippen LogP contribution in [0.15, 0.2) is 12.1 Å². The quantitative estimate of drug-likeness (QED) is 0.279. The van der Waals surface area contributed by atoms with Crippen LogP contribution in [0.2, 0.25) is 18.1 Å². The lowest BCUT2D eigenvalue weighted by molar-refractivity contribution is 0.0600. The van der Waals surface area contributed by atoms with Crippen LogP contribution in [-0.4, -0.2) is 56.9 Å². The van der Waals surface area contributed by atoms with Crippen LogP contribution >= 0.6 is 15.9 Å². The van der Waals surface area contributed by atoms with Gasteiger partial charge in [0.1, 0.15) is 6.20 Å². The van der Waals surface area contributed by atoms with E-state index in [0.29, 0.717) is 16.7 Å². The van der Waals surface area contributed by atoms with E-state index >= 15 is 0 Å². The molecule has 1 aliphatic carbocycles. The third-order valence-corrected chi connectivity index (χ3v) is 11.0. The molecule has 0 bridgehead atoms. The van der Waals surface area contributed by atoms with Gasteiger partial charge >= 0.3 is 0 Å².